The molecule has 1 aromatic rings. The highest BCUT2D eigenvalue weighted by Gasteiger charge is 2.11. The summed E-state index contributed by atoms with van der Waals surface area (Å²) in [6.45, 7) is 8.53. The van der Waals surface area contributed by atoms with Crippen LogP contribution in [0.25, 0.3) is 0 Å². The van der Waals surface area contributed by atoms with Crippen LogP contribution in [0.5, 0.6) is 0 Å². The maximum atomic E-state index is 5.47. The average molecular weight is 215 g/mol. The maximum Gasteiger partial charge on any atom is 0.0688 e. The lowest BCUT2D eigenvalue weighted by Gasteiger charge is -2.20. The van der Waals surface area contributed by atoms with Gasteiger partial charge in [-0.1, -0.05) is 36.6 Å². The van der Waals surface area contributed by atoms with Gasteiger partial charge < -0.3 is 0 Å². The highest BCUT2D eigenvalue weighted by molar-refractivity contribution is 5.32. The van der Waals surface area contributed by atoms with E-state index in [1.54, 1.807) is 0 Å². The second-order valence-corrected chi connectivity index (χ2v) is 4.38. The summed E-state index contributed by atoms with van der Waals surface area (Å²) < 4.78 is 0. The second kappa shape index (κ2) is 5.72. The summed E-state index contributed by atoms with van der Waals surface area (Å²) in [6, 6.07) is 7.01. The Balaban J connectivity index is 2.84. The SMILES string of the molecule is C#CC(CC)NC(C)c1cc(C)ccc1C. The second-order valence-electron chi connectivity index (χ2n) is 4.38. The third kappa shape index (κ3) is 3.12. The molecule has 0 aliphatic carbocycles. The predicted molar refractivity (Wildman–Crippen MR) is 70.4 cm³/mol. The van der Waals surface area contributed by atoms with Gasteiger partial charge in [0, 0.05) is 6.04 Å². The first-order valence-electron chi connectivity index (χ1n) is 5.87. The van der Waals surface area contributed by atoms with Crippen LogP contribution >= 0.6 is 0 Å². The molecule has 1 N–H and O–H groups in total. The Kier molecular flexibility index (Phi) is 4.58. The van der Waals surface area contributed by atoms with E-state index in [0.717, 1.165) is 6.42 Å². The number of hydrogen-bond acceptors (Lipinski definition) is 1. The minimum Gasteiger partial charge on any atom is -0.297 e. The molecule has 0 spiro atoms. The van der Waals surface area contributed by atoms with Crippen molar-refractivity contribution in [3.8, 4) is 12.3 Å². The fourth-order valence-electron chi connectivity index (χ4n) is 1.90. The lowest BCUT2D eigenvalue weighted by atomic mass is 9.99. The number of hydrogen-bond donors (Lipinski definition) is 1. The minimum atomic E-state index is 0.162. The molecular formula is C15H21N. The summed E-state index contributed by atoms with van der Waals surface area (Å²) >= 11 is 0. The lowest BCUT2D eigenvalue weighted by molar-refractivity contribution is 0.510. The van der Waals surface area contributed by atoms with Crippen LogP contribution < -0.4 is 5.32 Å². The first-order chi connectivity index (χ1) is 7.58. The molecule has 1 rings (SSSR count). The summed E-state index contributed by atoms with van der Waals surface area (Å²) in [5.74, 6) is 2.78. The molecule has 1 aromatic carbocycles. The van der Waals surface area contributed by atoms with Crippen molar-refractivity contribution in [1.82, 2.24) is 5.32 Å². The summed E-state index contributed by atoms with van der Waals surface area (Å²) in [5.41, 5.74) is 3.95. The van der Waals surface area contributed by atoms with Crippen molar-refractivity contribution >= 4 is 0 Å². The Morgan fingerprint density at radius 1 is 1.38 bits per heavy atom. The number of nitrogens with one attached hydrogen (secondary N) is 1. The number of aryl methyl sites for hydroxylation is 2. The predicted octanol–water partition coefficient (Wildman–Crippen LogP) is 3.37. The molecule has 0 aliphatic rings. The first-order valence-corrected chi connectivity index (χ1v) is 5.87. The van der Waals surface area contributed by atoms with Gasteiger partial charge >= 0.3 is 0 Å². The van der Waals surface area contributed by atoms with Crippen LogP contribution in [-0.2, 0) is 0 Å². The van der Waals surface area contributed by atoms with Crippen LogP contribution in [0.3, 0.4) is 0 Å². The topological polar surface area (TPSA) is 12.0 Å². The smallest absolute Gasteiger partial charge is 0.0688 e. The van der Waals surface area contributed by atoms with E-state index in [0.29, 0.717) is 6.04 Å². The molecule has 0 amide bonds. The molecule has 86 valence electrons. The van der Waals surface area contributed by atoms with Gasteiger partial charge in [-0.25, -0.2) is 0 Å². The Morgan fingerprint density at radius 2 is 2.06 bits per heavy atom. The molecule has 2 atom stereocenters. The van der Waals surface area contributed by atoms with Crippen LogP contribution in [0.2, 0.25) is 0 Å². The molecule has 0 saturated carbocycles. The molecule has 0 radical (unpaired) electrons. The van der Waals surface area contributed by atoms with Crippen LogP contribution in [0.15, 0.2) is 18.2 Å². The van der Waals surface area contributed by atoms with Gasteiger partial charge in [0.2, 0.25) is 0 Å². The minimum absolute atomic E-state index is 0.162. The summed E-state index contributed by atoms with van der Waals surface area (Å²) in [4.78, 5) is 0. The van der Waals surface area contributed by atoms with E-state index in [4.69, 9.17) is 6.42 Å². The quantitative estimate of drug-likeness (QED) is 0.759. The Hall–Kier alpha value is -1.26. The van der Waals surface area contributed by atoms with Gasteiger partial charge in [0.15, 0.2) is 0 Å². The molecule has 0 heterocycles. The molecule has 1 heteroatoms. The number of benzene rings is 1. The van der Waals surface area contributed by atoms with Crippen LogP contribution in [-0.4, -0.2) is 6.04 Å². The standard InChI is InChI=1S/C15H21N/c1-6-14(7-2)16-13(5)15-10-11(3)8-9-12(15)4/h1,8-10,13-14,16H,7H2,2-5H3. The van der Waals surface area contributed by atoms with E-state index in [1.807, 2.05) is 0 Å². The van der Waals surface area contributed by atoms with Gasteiger partial charge in [-0.2, -0.15) is 0 Å². The lowest BCUT2D eigenvalue weighted by Crippen LogP contribution is -2.30. The summed E-state index contributed by atoms with van der Waals surface area (Å²) in [5, 5.41) is 3.46. The van der Waals surface area contributed by atoms with Gasteiger partial charge in [-0.3, -0.25) is 5.32 Å². The molecular weight excluding hydrogens is 194 g/mol. The third-order valence-corrected chi connectivity index (χ3v) is 2.96. The largest absolute Gasteiger partial charge is 0.297 e. The normalized spacial score (nSPS) is 14.2. The molecule has 16 heavy (non-hydrogen) atoms. The van der Waals surface area contributed by atoms with E-state index in [1.165, 1.54) is 16.7 Å². The van der Waals surface area contributed by atoms with E-state index in [2.05, 4.69) is 57.1 Å². The molecule has 1 nitrogen and oxygen atoms in total. The van der Waals surface area contributed by atoms with Gasteiger partial charge in [0.05, 0.1) is 6.04 Å². The molecule has 0 saturated heterocycles. The van der Waals surface area contributed by atoms with Crippen molar-refractivity contribution in [2.24, 2.45) is 0 Å². The Labute approximate surface area is 99.3 Å². The van der Waals surface area contributed by atoms with E-state index >= 15 is 0 Å². The summed E-state index contributed by atoms with van der Waals surface area (Å²) in [7, 11) is 0. The number of rotatable bonds is 4. The first kappa shape index (κ1) is 12.8. The van der Waals surface area contributed by atoms with Crippen molar-refractivity contribution in [2.45, 2.75) is 46.2 Å². The maximum absolute atomic E-state index is 5.47. The molecule has 0 fully saturated rings. The van der Waals surface area contributed by atoms with Crippen molar-refractivity contribution in [1.29, 1.82) is 0 Å². The highest BCUT2D eigenvalue weighted by atomic mass is 14.9. The van der Waals surface area contributed by atoms with E-state index in [-0.39, 0.29) is 6.04 Å². The molecule has 2 unspecified atom stereocenters. The Morgan fingerprint density at radius 3 is 2.62 bits per heavy atom. The van der Waals surface area contributed by atoms with E-state index in [9.17, 15) is 0 Å². The van der Waals surface area contributed by atoms with Crippen LogP contribution in [0.4, 0.5) is 0 Å². The van der Waals surface area contributed by atoms with E-state index < -0.39 is 0 Å². The molecule has 0 aliphatic heterocycles. The fourth-order valence-corrected chi connectivity index (χ4v) is 1.90. The zero-order valence-corrected chi connectivity index (χ0v) is 10.7. The van der Waals surface area contributed by atoms with Crippen molar-refractivity contribution in [3.63, 3.8) is 0 Å². The van der Waals surface area contributed by atoms with Gasteiger partial charge in [-0.05, 0) is 38.3 Å². The average Bonchev–Trinajstić information content (AvgIpc) is 2.28. The van der Waals surface area contributed by atoms with Crippen LogP contribution in [0, 0.1) is 26.2 Å². The zero-order chi connectivity index (χ0) is 12.1. The van der Waals surface area contributed by atoms with Gasteiger partial charge in [-0.15, -0.1) is 6.42 Å². The van der Waals surface area contributed by atoms with Crippen molar-refractivity contribution in [3.05, 3.63) is 34.9 Å². The Bertz CT molecular complexity index is 387. The number of terminal acetylenes is 1. The fraction of sp³-hybridized carbons (Fsp3) is 0.467. The third-order valence-electron chi connectivity index (χ3n) is 2.96. The van der Waals surface area contributed by atoms with Crippen molar-refractivity contribution < 1.29 is 0 Å². The van der Waals surface area contributed by atoms with Gasteiger partial charge in [0.1, 0.15) is 0 Å². The summed E-state index contributed by atoms with van der Waals surface area (Å²) in [6.07, 6.45) is 6.43. The monoisotopic (exact) mass is 215 g/mol. The zero-order valence-electron chi connectivity index (χ0n) is 10.7. The molecule has 0 aromatic heterocycles. The highest BCUT2D eigenvalue weighted by Crippen LogP contribution is 2.19. The van der Waals surface area contributed by atoms with Crippen LogP contribution in [0.1, 0.15) is 43.0 Å². The van der Waals surface area contributed by atoms with Crippen molar-refractivity contribution in [2.75, 3.05) is 0 Å². The van der Waals surface area contributed by atoms with Gasteiger partial charge in [0.25, 0.3) is 0 Å². The molecule has 0 bridgehead atoms.